The summed E-state index contributed by atoms with van der Waals surface area (Å²) in [6.45, 7) is 1.52. The molecule has 1 aliphatic rings. The van der Waals surface area contributed by atoms with Crippen LogP contribution in [0.25, 0.3) is 0 Å². The van der Waals surface area contributed by atoms with Gasteiger partial charge in [0.1, 0.15) is 0 Å². The van der Waals surface area contributed by atoms with Gasteiger partial charge < -0.3 is 5.32 Å². The van der Waals surface area contributed by atoms with Crippen LogP contribution in [-0.4, -0.2) is 44.7 Å². The molecule has 1 saturated carbocycles. The molecular formula is C14H24N2O2S2. The molecule has 4 nitrogen and oxygen atoms in total. The molecule has 0 bridgehead atoms. The number of unbranched alkanes of at least 4 members (excludes halogenated alkanes) is 1. The summed E-state index contributed by atoms with van der Waals surface area (Å²) in [4.78, 5) is 1.24. The maximum Gasteiger partial charge on any atom is 0.213 e. The average Bonchev–Trinajstić information content (AvgIpc) is 3.09. The molecule has 0 atom stereocenters. The molecule has 0 aromatic carbocycles. The summed E-state index contributed by atoms with van der Waals surface area (Å²) in [5, 5.41) is 5.43. The van der Waals surface area contributed by atoms with Gasteiger partial charge >= 0.3 is 0 Å². The molecule has 1 aromatic heterocycles. The molecule has 0 spiro atoms. The van der Waals surface area contributed by atoms with Crippen molar-refractivity contribution in [2.45, 2.75) is 38.1 Å². The van der Waals surface area contributed by atoms with Crippen molar-refractivity contribution in [2.24, 2.45) is 0 Å². The van der Waals surface area contributed by atoms with Gasteiger partial charge in [0.05, 0.1) is 5.75 Å². The maximum atomic E-state index is 12.1. The molecule has 1 N–H and O–H groups in total. The van der Waals surface area contributed by atoms with Crippen molar-refractivity contribution in [3.8, 4) is 0 Å². The molecule has 0 saturated heterocycles. The Morgan fingerprint density at radius 2 is 2.20 bits per heavy atom. The van der Waals surface area contributed by atoms with E-state index in [-0.39, 0.29) is 5.75 Å². The summed E-state index contributed by atoms with van der Waals surface area (Å²) in [7, 11) is -1.40. The van der Waals surface area contributed by atoms with Crippen LogP contribution in [0, 0.1) is 0 Å². The highest BCUT2D eigenvalue weighted by Gasteiger charge is 2.20. The van der Waals surface area contributed by atoms with Crippen LogP contribution in [0.2, 0.25) is 0 Å². The minimum absolute atomic E-state index is 0.264. The molecule has 0 unspecified atom stereocenters. The van der Waals surface area contributed by atoms with E-state index in [4.69, 9.17) is 0 Å². The van der Waals surface area contributed by atoms with Gasteiger partial charge in [0.15, 0.2) is 0 Å². The lowest BCUT2D eigenvalue weighted by atomic mass is 10.3. The summed E-state index contributed by atoms with van der Waals surface area (Å²) < 4.78 is 25.7. The second-order valence-corrected chi connectivity index (χ2v) is 8.63. The third-order valence-electron chi connectivity index (χ3n) is 3.57. The number of nitrogens with one attached hydrogen (secondary N) is 1. The minimum atomic E-state index is -3.09. The molecule has 2 rings (SSSR count). The highest BCUT2D eigenvalue weighted by molar-refractivity contribution is 7.89. The van der Waals surface area contributed by atoms with Crippen LogP contribution in [0.3, 0.4) is 0 Å². The Hall–Kier alpha value is -0.430. The lowest BCUT2D eigenvalue weighted by Gasteiger charge is -2.16. The van der Waals surface area contributed by atoms with E-state index in [0.717, 1.165) is 25.8 Å². The topological polar surface area (TPSA) is 49.4 Å². The standard InChI is InChI=1S/C14H24N2O2S2/c1-16(10-8-14-5-4-11-19-14)20(17,18)12-3-2-9-15-13-6-7-13/h4-5,11,13,15H,2-3,6-10,12H2,1H3. The predicted octanol–water partition coefficient (Wildman–Crippen LogP) is 2.08. The van der Waals surface area contributed by atoms with Crippen molar-refractivity contribution in [1.29, 1.82) is 0 Å². The third-order valence-corrected chi connectivity index (χ3v) is 6.44. The van der Waals surface area contributed by atoms with E-state index in [0.29, 0.717) is 12.6 Å². The average molecular weight is 316 g/mol. The molecule has 20 heavy (non-hydrogen) atoms. The van der Waals surface area contributed by atoms with Crippen LogP contribution < -0.4 is 5.32 Å². The molecular weight excluding hydrogens is 292 g/mol. The van der Waals surface area contributed by atoms with E-state index in [1.807, 2.05) is 11.4 Å². The van der Waals surface area contributed by atoms with E-state index in [9.17, 15) is 8.42 Å². The van der Waals surface area contributed by atoms with Gasteiger partial charge in [-0.25, -0.2) is 12.7 Å². The van der Waals surface area contributed by atoms with Gasteiger partial charge in [-0.3, -0.25) is 0 Å². The van der Waals surface area contributed by atoms with Gasteiger partial charge in [0, 0.05) is 24.5 Å². The van der Waals surface area contributed by atoms with Crippen molar-refractivity contribution >= 4 is 21.4 Å². The molecule has 0 aliphatic heterocycles. The summed E-state index contributed by atoms with van der Waals surface area (Å²) in [6, 6.07) is 4.76. The predicted molar refractivity (Wildman–Crippen MR) is 84.7 cm³/mol. The zero-order valence-corrected chi connectivity index (χ0v) is 13.7. The van der Waals surface area contributed by atoms with Gasteiger partial charge in [-0.05, 0) is 50.1 Å². The molecule has 114 valence electrons. The first-order valence-electron chi connectivity index (χ1n) is 7.28. The molecule has 0 amide bonds. The Morgan fingerprint density at radius 3 is 2.85 bits per heavy atom. The molecule has 1 fully saturated rings. The Kier molecular flexibility index (Phi) is 6.01. The summed E-state index contributed by atoms with van der Waals surface area (Å²) >= 11 is 1.68. The first-order chi connectivity index (χ1) is 9.58. The Balaban J connectivity index is 1.62. The lowest BCUT2D eigenvalue weighted by molar-refractivity contribution is 0.470. The number of hydrogen-bond acceptors (Lipinski definition) is 4. The lowest BCUT2D eigenvalue weighted by Crippen LogP contribution is -2.31. The smallest absolute Gasteiger partial charge is 0.213 e. The van der Waals surface area contributed by atoms with E-state index >= 15 is 0 Å². The fourth-order valence-electron chi connectivity index (χ4n) is 2.02. The Morgan fingerprint density at radius 1 is 1.40 bits per heavy atom. The fraction of sp³-hybridized carbons (Fsp3) is 0.714. The highest BCUT2D eigenvalue weighted by atomic mass is 32.2. The van der Waals surface area contributed by atoms with E-state index < -0.39 is 10.0 Å². The molecule has 1 aliphatic carbocycles. The summed E-state index contributed by atoms with van der Waals surface area (Å²) in [5.41, 5.74) is 0. The van der Waals surface area contributed by atoms with Crippen molar-refractivity contribution in [3.05, 3.63) is 22.4 Å². The fourth-order valence-corrected chi connectivity index (χ4v) is 3.97. The number of rotatable bonds is 10. The number of nitrogens with zero attached hydrogens (tertiary/aromatic N) is 1. The highest BCUT2D eigenvalue weighted by Crippen LogP contribution is 2.18. The van der Waals surface area contributed by atoms with E-state index in [2.05, 4.69) is 11.4 Å². The van der Waals surface area contributed by atoms with Gasteiger partial charge in [0.25, 0.3) is 0 Å². The van der Waals surface area contributed by atoms with Crippen molar-refractivity contribution in [1.82, 2.24) is 9.62 Å². The van der Waals surface area contributed by atoms with E-state index in [1.54, 1.807) is 18.4 Å². The molecule has 0 radical (unpaired) electrons. The number of hydrogen-bond donors (Lipinski definition) is 1. The monoisotopic (exact) mass is 316 g/mol. The van der Waals surface area contributed by atoms with Crippen LogP contribution in [0.5, 0.6) is 0 Å². The van der Waals surface area contributed by atoms with Gasteiger partial charge in [-0.15, -0.1) is 11.3 Å². The minimum Gasteiger partial charge on any atom is -0.314 e. The van der Waals surface area contributed by atoms with Crippen molar-refractivity contribution < 1.29 is 8.42 Å². The van der Waals surface area contributed by atoms with Crippen LogP contribution in [0.15, 0.2) is 17.5 Å². The molecule has 6 heteroatoms. The van der Waals surface area contributed by atoms with Crippen LogP contribution in [0.4, 0.5) is 0 Å². The van der Waals surface area contributed by atoms with Crippen LogP contribution >= 0.6 is 11.3 Å². The molecule has 1 heterocycles. The Labute approximate surface area is 126 Å². The van der Waals surface area contributed by atoms with Gasteiger partial charge in [0.2, 0.25) is 10.0 Å². The first-order valence-corrected chi connectivity index (χ1v) is 9.76. The van der Waals surface area contributed by atoms with Gasteiger partial charge in [-0.2, -0.15) is 0 Å². The van der Waals surface area contributed by atoms with Gasteiger partial charge in [-0.1, -0.05) is 6.07 Å². The van der Waals surface area contributed by atoms with Crippen LogP contribution in [-0.2, 0) is 16.4 Å². The quantitative estimate of drug-likeness (QED) is 0.672. The first kappa shape index (κ1) is 15.9. The summed E-state index contributed by atoms with van der Waals surface area (Å²) in [5.74, 6) is 0.264. The number of likely N-dealkylation sites (N-methyl/N-ethyl adjacent to an activating group) is 1. The maximum absolute atomic E-state index is 12.1. The third kappa shape index (κ3) is 5.52. The molecule has 1 aromatic rings. The zero-order valence-electron chi connectivity index (χ0n) is 12.0. The second kappa shape index (κ2) is 7.54. The Bertz CT molecular complexity index is 481. The number of thiophene rings is 1. The zero-order chi connectivity index (χ0) is 14.4. The summed E-state index contributed by atoms with van der Waals surface area (Å²) in [6.07, 6.45) is 5.05. The largest absolute Gasteiger partial charge is 0.314 e. The van der Waals surface area contributed by atoms with E-state index in [1.165, 1.54) is 22.0 Å². The van der Waals surface area contributed by atoms with Crippen LogP contribution in [0.1, 0.15) is 30.6 Å². The number of sulfonamides is 1. The second-order valence-electron chi connectivity index (χ2n) is 5.40. The van der Waals surface area contributed by atoms with Crippen molar-refractivity contribution in [3.63, 3.8) is 0 Å². The normalized spacial score (nSPS) is 15.9. The van der Waals surface area contributed by atoms with Crippen molar-refractivity contribution in [2.75, 3.05) is 25.9 Å². The SMILES string of the molecule is CN(CCc1cccs1)S(=O)(=O)CCCCNC1CC1.